The maximum absolute atomic E-state index is 5.68. The molecule has 0 spiro atoms. The minimum Gasteiger partial charge on any atom is -0.474 e. The minimum absolute atomic E-state index is 0.431. The summed E-state index contributed by atoms with van der Waals surface area (Å²) in [7, 11) is 0. The molecule has 3 heteroatoms. The molecule has 13 heavy (non-hydrogen) atoms. The zero-order valence-electron chi connectivity index (χ0n) is 7.18. The summed E-state index contributed by atoms with van der Waals surface area (Å²) < 4.78 is 7.65. The fourth-order valence-electron chi connectivity index (χ4n) is 1.35. The van der Waals surface area contributed by atoms with Crippen molar-refractivity contribution in [2.24, 2.45) is 0 Å². The van der Waals surface area contributed by atoms with Crippen molar-refractivity contribution in [2.75, 3.05) is 0 Å². The highest BCUT2D eigenvalue weighted by Gasteiger charge is 2.24. The Morgan fingerprint density at radius 2 is 2.31 bits per heavy atom. The Balaban J connectivity index is 2.06. The van der Waals surface area contributed by atoms with Gasteiger partial charge in [0.25, 0.3) is 0 Å². The van der Waals surface area contributed by atoms with Crippen molar-refractivity contribution in [1.82, 2.24) is 9.38 Å². The van der Waals surface area contributed by atoms with E-state index in [9.17, 15) is 0 Å². The van der Waals surface area contributed by atoms with Crippen molar-refractivity contribution in [2.45, 2.75) is 18.9 Å². The monoisotopic (exact) mass is 174 g/mol. The van der Waals surface area contributed by atoms with Gasteiger partial charge in [-0.05, 0) is 25.0 Å². The fraction of sp³-hybridized carbons (Fsp3) is 0.300. The maximum Gasteiger partial charge on any atom is 0.218 e. The molecule has 0 bridgehead atoms. The third kappa shape index (κ3) is 1.16. The highest BCUT2D eigenvalue weighted by molar-refractivity contribution is 5.41. The largest absolute Gasteiger partial charge is 0.474 e. The van der Waals surface area contributed by atoms with Crippen LogP contribution >= 0.6 is 0 Å². The number of rotatable bonds is 2. The molecular weight excluding hydrogens is 164 g/mol. The molecule has 3 rings (SSSR count). The summed E-state index contributed by atoms with van der Waals surface area (Å²) >= 11 is 0. The molecule has 0 N–H and O–H groups in total. The zero-order valence-corrected chi connectivity index (χ0v) is 7.18. The average molecular weight is 174 g/mol. The van der Waals surface area contributed by atoms with Crippen LogP contribution in [-0.2, 0) is 0 Å². The Morgan fingerprint density at radius 1 is 1.38 bits per heavy atom. The van der Waals surface area contributed by atoms with Gasteiger partial charge in [-0.15, -0.1) is 0 Å². The topological polar surface area (TPSA) is 26.5 Å². The predicted octanol–water partition coefficient (Wildman–Crippen LogP) is 1.88. The number of aromatic nitrogens is 2. The second-order valence-corrected chi connectivity index (χ2v) is 3.34. The molecular formula is C10H10N2O. The van der Waals surface area contributed by atoms with Gasteiger partial charge in [-0.3, -0.25) is 4.40 Å². The standard InChI is InChI=1S/C10H10N2O/c1-2-6-12-9(3-1)11-7-10(12)13-8-4-5-8/h1-3,6-8H,4-5H2. The Morgan fingerprint density at radius 3 is 3.15 bits per heavy atom. The lowest BCUT2D eigenvalue weighted by molar-refractivity contribution is 0.288. The molecule has 0 unspecified atom stereocenters. The third-order valence-electron chi connectivity index (χ3n) is 2.19. The quantitative estimate of drug-likeness (QED) is 0.694. The van der Waals surface area contributed by atoms with Crippen LogP contribution in [0.5, 0.6) is 5.88 Å². The summed E-state index contributed by atoms with van der Waals surface area (Å²) in [5.74, 6) is 0.859. The molecule has 2 aromatic rings. The third-order valence-corrected chi connectivity index (χ3v) is 2.19. The first-order valence-electron chi connectivity index (χ1n) is 4.52. The van der Waals surface area contributed by atoms with Crippen LogP contribution in [-0.4, -0.2) is 15.5 Å². The number of nitrogens with zero attached hydrogens (tertiary/aromatic N) is 2. The fourth-order valence-corrected chi connectivity index (χ4v) is 1.35. The van der Waals surface area contributed by atoms with Gasteiger partial charge in [0.05, 0.1) is 6.20 Å². The lowest BCUT2D eigenvalue weighted by atomic mass is 10.5. The van der Waals surface area contributed by atoms with Crippen LogP contribution in [0.4, 0.5) is 0 Å². The van der Waals surface area contributed by atoms with Crippen LogP contribution in [0.1, 0.15) is 12.8 Å². The second-order valence-electron chi connectivity index (χ2n) is 3.34. The van der Waals surface area contributed by atoms with E-state index in [1.165, 1.54) is 12.8 Å². The van der Waals surface area contributed by atoms with Crippen LogP contribution in [0.15, 0.2) is 30.6 Å². The maximum atomic E-state index is 5.68. The van der Waals surface area contributed by atoms with Crippen LogP contribution in [0.25, 0.3) is 5.65 Å². The molecule has 1 saturated carbocycles. The molecule has 0 aromatic carbocycles. The molecule has 2 aromatic heterocycles. The number of imidazole rings is 1. The highest BCUT2D eigenvalue weighted by Crippen LogP contribution is 2.26. The molecule has 1 aliphatic rings. The van der Waals surface area contributed by atoms with Crippen molar-refractivity contribution >= 4 is 5.65 Å². The number of hydrogen-bond acceptors (Lipinski definition) is 2. The zero-order chi connectivity index (χ0) is 8.67. The van der Waals surface area contributed by atoms with Gasteiger partial charge >= 0.3 is 0 Å². The molecule has 0 amide bonds. The van der Waals surface area contributed by atoms with Gasteiger partial charge in [0.2, 0.25) is 5.88 Å². The summed E-state index contributed by atoms with van der Waals surface area (Å²) in [5, 5.41) is 0. The first kappa shape index (κ1) is 6.95. The van der Waals surface area contributed by atoms with E-state index in [2.05, 4.69) is 4.98 Å². The predicted molar refractivity (Wildman–Crippen MR) is 48.8 cm³/mol. The Hall–Kier alpha value is -1.51. The number of pyridine rings is 1. The van der Waals surface area contributed by atoms with Crippen molar-refractivity contribution in [3.8, 4) is 5.88 Å². The average Bonchev–Trinajstić information content (AvgIpc) is 2.88. The summed E-state index contributed by atoms with van der Waals surface area (Å²) in [6.07, 6.45) is 6.55. The molecule has 0 aliphatic heterocycles. The lowest BCUT2D eigenvalue weighted by Gasteiger charge is -2.01. The first-order chi connectivity index (χ1) is 6.43. The smallest absolute Gasteiger partial charge is 0.218 e. The lowest BCUT2D eigenvalue weighted by Crippen LogP contribution is -1.98. The molecule has 0 saturated heterocycles. The number of fused-ring (bicyclic) bond motifs is 1. The van der Waals surface area contributed by atoms with Gasteiger partial charge in [0.1, 0.15) is 11.8 Å². The van der Waals surface area contributed by atoms with Crippen LogP contribution in [0.3, 0.4) is 0 Å². The summed E-state index contributed by atoms with van der Waals surface area (Å²) in [5.41, 5.74) is 0.943. The van der Waals surface area contributed by atoms with Crippen molar-refractivity contribution in [3.63, 3.8) is 0 Å². The van der Waals surface area contributed by atoms with Crippen molar-refractivity contribution < 1.29 is 4.74 Å². The summed E-state index contributed by atoms with van der Waals surface area (Å²) in [4.78, 5) is 4.24. The SMILES string of the molecule is c1ccn2c(OC3CC3)cnc2c1. The molecule has 0 radical (unpaired) electrons. The molecule has 0 atom stereocenters. The summed E-state index contributed by atoms with van der Waals surface area (Å²) in [6, 6.07) is 5.93. The molecule has 1 fully saturated rings. The molecule has 2 heterocycles. The van der Waals surface area contributed by atoms with Gasteiger partial charge in [0.15, 0.2) is 0 Å². The minimum atomic E-state index is 0.431. The van der Waals surface area contributed by atoms with Crippen molar-refractivity contribution in [3.05, 3.63) is 30.6 Å². The number of ether oxygens (including phenoxy) is 1. The van der Waals surface area contributed by atoms with E-state index in [-0.39, 0.29) is 0 Å². The Bertz CT molecular complexity index is 431. The van der Waals surface area contributed by atoms with Gasteiger partial charge in [-0.2, -0.15) is 0 Å². The van der Waals surface area contributed by atoms with Crippen LogP contribution in [0, 0.1) is 0 Å². The normalized spacial score (nSPS) is 16.3. The Labute approximate surface area is 76.0 Å². The van der Waals surface area contributed by atoms with Crippen LogP contribution in [0.2, 0.25) is 0 Å². The van der Waals surface area contributed by atoms with E-state index in [1.807, 2.05) is 28.8 Å². The molecule has 3 nitrogen and oxygen atoms in total. The molecule has 1 aliphatic carbocycles. The number of hydrogen-bond donors (Lipinski definition) is 0. The summed E-state index contributed by atoms with van der Waals surface area (Å²) in [6.45, 7) is 0. The Kier molecular flexibility index (Phi) is 1.33. The van der Waals surface area contributed by atoms with E-state index in [0.717, 1.165) is 11.5 Å². The van der Waals surface area contributed by atoms with E-state index >= 15 is 0 Å². The van der Waals surface area contributed by atoms with Gasteiger partial charge in [0, 0.05) is 6.20 Å². The van der Waals surface area contributed by atoms with E-state index in [0.29, 0.717) is 6.10 Å². The second kappa shape index (κ2) is 2.49. The van der Waals surface area contributed by atoms with E-state index < -0.39 is 0 Å². The van der Waals surface area contributed by atoms with Gasteiger partial charge < -0.3 is 4.74 Å². The van der Waals surface area contributed by atoms with Crippen molar-refractivity contribution in [1.29, 1.82) is 0 Å². The van der Waals surface area contributed by atoms with Gasteiger partial charge in [-0.1, -0.05) is 6.07 Å². The van der Waals surface area contributed by atoms with Crippen LogP contribution < -0.4 is 4.74 Å². The first-order valence-corrected chi connectivity index (χ1v) is 4.52. The molecule has 66 valence electrons. The van der Waals surface area contributed by atoms with Gasteiger partial charge in [-0.25, -0.2) is 4.98 Å². The van der Waals surface area contributed by atoms with E-state index in [1.54, 1.807) is 6.20 Å². The highest BCUT2D eigenvalue weighted by atomic mass is 16.5. The van der Waals surface area contributed by atoms with E-state index in [4.69, 9.17) is 4.74 Å².